The zero-order valence-corrected chi connectivity index (χ0v) is 21.0. The van der Waals surface area contributed by atoms with Crippen molar-refractivity contribution in [1.82, 2.24) is 10.2 Å². The normalized spacial score (nSPS) is 13.4. The molecular weight excluding hydrogens is 477 g/mol. The quantitative estimate of drug-likeness (QED) is 0.530. The summed E-state index contributed by atoms with van der Waals surface area (Å²) in [7, 11) is -3.86. The van der Waals surface area contributed by atoms with Crippen molar-refractivity contribution in [3.63, 3.8) is 0 Å². The maximum absolute atomic E-state index is 13.5. The van der Waals surface area contributed by atoms with Crippen LogP contribution in [0.4, 0.5) is 10.1 Å². The van der Waals surface area contributed by atoms with E-state index in [4.69, 9.17) is 9.47 Å². The molecule has 3 rings (SSSR count). The first kappa shape index (κ1) is 26.3. The summed E-state index contributed by atoms with van der Waals surface area (Å²) in [6.45, 7) is 6.13. The Balaban J connectivity index is 1.93. The zero-order chi connectivity index (χ0) is 25.8. The van der Waals surface area contributed by atoms with Crippen LogP contribution in [0.3, 0.4) is 0 Å². The van der Waals surface area contributed by atoms with Crippen LogP contribution in [0.5, 0.6) is 11.5 Å². The molecule has 1 N–H and O–H groups in total. The van der Waals surface area contributed by atoms with Gasteiger partial charge in [-0.15, -0.1) is 0 Å². The first-order valence-electron chi connectivity index (χ1n) is 11.3. The highest BCUT2D eigenvalue weighted by atomic mass is 32.2. The molecule has 1 aliphatic heterocycles. The number of carbonyl (C=O) groups excluding carboxylic acids is 2. The molecule has 35 heavy (non-hydrogen) atoms. The Labute approximate surface area is 204 Å². The maximum atomic E-state index is 13.5. The molecular formula is C24H30FN3O6S. The molecule has 0 saturated heterocycles. The Kier molecular flexibility index (Phi) is 8.21. The molecule has 0 fully saturated rings. The molecule has 2 aromatic rings. The number of halogens is 1. The van der Waals surface area contributed by atoms with Gasteiger partial charge in [-0.2, -0.15) is 0 Å². The number of anilines is 1. The Bertz CT molecular complexity index is 1170. The molecule has 0 bridgehead atoms. The smallest absolute Gasteiger partial charge is 0.244 e. The van der Waals surface area contributed by atoms with Crippen LogP contribution in [0.2, 0.25) is 0 Å². The number of amides is 2. The minimum absolute atomic E-state index is 0.00700. The molecule has 2 amide bonds. The predicted octanol–water partition coefficient (Wildman–Crippen LogP) is 2.65. The van der Waals surface area contributed by atoms with Crippen LogP contribution in [-0.4, -0.2) is 56.3 Å². The van der Waals surface area contributed by atoms with E-state index >= 15 is 0 Å². The van der Waals surface area contributed by atoms with Crippen molar-refractivity contribution < 1.29 is 31.9 Å². The number of carbonyl (C=O) groups is 2. The van der Waals surface area contributed by atoms with Crippen molar-refractivity contribution in [2.75, 3.05) is 23.4 Å². The molecule has 1 heterocycles. The summed E-state index contributed by atoms with van der Waals surface area (Å²) in [5.74, 6) is -0.792. The van der Waals surface area contributed by atoms with E-state index in [9.17, 15) is 22.4 Å². The molecule has 190 valence electrons. The SMILES string of the molecule is CCS(=O)(=O)N(CC(=O)N(Cc1ccc(F)cc1)[C@H](C)C(=O)NC(C)C)c1ccc2c(c1)OCO2. The van der Waals surface area contributed by atoms with Gasteiger partial charge in [-0.25, -0.2) is 12.8 Å². The third-order valence-corrected chi connectivity index (χ3v) is 7.23. The lowest BCUT2D eigenvalue weighted by Gasteiger charge is -2.32. The summed E-state index contributed by atoms with van der Waals surface area (Å²) < 4.78 is 51.0. The average Bonchev–Trinajstić information content (AvgIpc) is 3.29. The zero-order valence-electron chi connectivity index (χ0n) is 20.2. The minimum atomic E-state index is -3.86. The first-order chi connectivity index (χ1) is 16.5. The fraction of sp³-hybridized carbons (Fsp3) is 0.417. The van der Waals surface area contributed by atoms with E-state index in [1.54, 1.807) is 26.8 Å². The van der Waals surface area contributed by atoms with Crippen LogP contribution in [0.15, 0.2) is 42.5 Å². The molecule has 1 atom stereocenters. The Morgan fingerprint density at radius 3 is 2.34 bits per heavy atom. The Morgan fingerprint density at radius 1 is 1.06 bits per heavy atom. The van der Waals surface area contributed by atoms with Gasteiger partial charge < -0.3 is 19.7 Å². The van der Waals surface area contributed by atoms with Crippen molar-refractivity contribution in [2.24, 2.45) is 0 Å². The number of sulfonamides is 1. The Morgan fingerprint density at radius 2 is 1.71 bits per heavy atom. The van der Waals surface area contributed by atoms with Crippen molar-refractivity contribution in [1.29, 1.82) is 0 Å². The first-order valence-corrected chi connectivity index (χ1v) is 12.9. The van der Waals surface area contributed by atoms with E-state index in [-0.39, 0.29) is 36.7 Å². The topological polar surface area (TPSA) is 105 Å². The number of ether oxygens (including phenoxy) is 2. The fourth-order valence-corrected chi connectivity index (χ4v) is 4.59. The maximum Gasteiger partial charge on any atom is 0.244 e. The van der Waals surface area contributed by atoms with E-state index in [1.165, 1.54) is 48.2 Å². The summed E-state index contributed by atoms with van der Waals surface area (Å²) in [5.41, 5.74) is 0.836. The highest BCUT2D eigenvalue weighted by Gasteiger charge is 2.31. The van der Waals surface area contributed by atoms with Crippen LogP contribution in [-0.2, 0) is 26.2 Å². The van der Waals surface area contributed by atoms with Crippen LogP contribution < -0.4 is 19.1 Å². The lowest BCUT2D eigenvalue weighted by molar-refractivity contribution is -0.139. The van der Waals surface area contributed by atoms with Crippen LogP contribution in [0.1, 0.15) is 33.3 Å². The third-order valence-electron chi connectivity index (χ3n) is 5.49. The summed E-state index contributed by atoms with van der Waals surface area (Å²) >= 11 is 0. The molecule has 9 nitrogen and oxygen atoms in total. The van der Waals surface area contributed by atoms with Gasteiger partial charge in [0.05, 0.1) is 11.4 Å². The second kappa shape index (κ2) is 10.9. The van der Waals surface area contributed by atoms with Crippen molar-refractivity contribution in [3.05, 3.63) is 53.8 Å². The molecule has 11 heteroatoms. The monoisotopic (exact) mass is 507 g/mol. The fourth-order valence-electron chi connectivity index (χ4n) is 3.53. The van der Waals surface area contributed by atoms with E-state index in [2.05, 4.69) is 5.32 Å². The molecule has 0 spiro atoms. The number of benzene rings is 2. The van der Waals surface area contributed by atoms with Crippen molar-refractivity contribution >= 4 is 27.5 Å². The second-order valence-electron chi connectivity index (χ2n) is 8.43. The molecule has 0 aromatic heterocycles. The van der Waals surface area contributed by atoms with E-state index in [0.29, 0.717) is 17.1 Å². The predicted molar refractivity (Wildman–Crippen MR) is 129 cm³/mol. The van der Waals surface area contributed by atoms with Crippen molar-refractivity contribution in [2.45, 2.75) is 46.3 Å². The minimum Gasteiger partial charge on any atom is -0.454 e. The summed E-state index contributed by atoms with van der Waals surface area (Å²) in [6.07, 6.45) is 0. The largest absolute Gasteiger partial charge is 0.454 e. The number of hydrogen-bond donors (Lipinski definition) is 1. The number of fused-ring (bicyclic) bond motifs is 1. The van der Waals surface area contributed by atoms with Gasteiger partial charge in [-0.3, -0.25) is 13.9 Å². The number of nitrogens with one attached hydrogen (secondary N) is 1. The standard InChI is InChI=1S/C24H30FN3O6S/c1-5-35(31,32)28(20-10-11-21-22(12-20)34-15-33-21)14-23(29)27(17(4)24(30)26-16(2)3)13-18-6-8-19(25)9-7-18/h6-12,16-17H,5,13-15H2,1-4H3,(H,26,30)/t17-/m1/s1. The third kappa shape index (κ3) is 6.41. The van der Waals surface area contributed by atoms with Gasteiger partial charge in [-0.05, 0) is 57.5 Å². The molecule has 2 aromatic carbocycles. The lowest BCUT2D eigenvalue weighted by Crippen LogP contribution is -2.52. The number of rotatable bonds is 10. The molecule has 0 unspecified atom stereocenters. The highest BCUT2D eigenvalue weighted by molar-refractivity contribution is 7.92. The van der Waals surface area contributed by atoms with E-state index in [1.807, 2.05) is 0 Å². The summed E-state index contributed by atoms with van der Waals surface area (Å²) in [5, 5.41) is 2.77. The molecule has 0 radical (unpaired) electrons. The van der Waals surface area contributed by atoms with Gasteiger partial charge in [0.25, 0.3) is 0 Å². The van der Waals surface area contributed by atoms with Gasteiger partial charge >= 0.3 is 0 Å². The van der Waals surface area contributed by atoms with Gasteiger partial charge in [0.2, 0.25) is 28.6 Å². The Hall–Kier alpha value is -3.34. The van der Waals surface area contributed by atoms with Gasteiger partial charge in [-0.1, -0.05) is 12.1 Å². The van der Waals surface area contributed by atoms with Crippen LogP contribution in [0.25, 0.3) is 0 Å². The highest BCUT2D eigenvalue weighted by Crippen LogP contribution is 2.36. The van der Waals surface area contributed by atoms with Gasteiger partial charge in [0.1, 0.15) is 18.4 Å². The molecule has 1 aliphatic rings. The second-order valence-corrected chi connectivity index (χ2v) is 10.6. The van der Waals surface area contributed by atoms with E-state index < -0.39 is 34.3 Å². The average molecular weight is 508 g/mol. The van der Waals surface area contributed by atoms with Crippen LogP contribution in [0, 0.1) is 5.82 Å². The molecule has 0 aliphatic carbocycles. The molecule has 0 saturated carbocycles. The number of nitrogens with zero attached hydrogens (tertiary/aromatic N) is 2. The van der Waals surface area contributed by atoms with Gasteiger partial charge in [0, 0.05) is 18.7 Å². The number of hydrogen-bond acceptors (Lipinski definition) is 6. The van der Waals surface area contributed by atoms with E-state index in [0.717, 1.165) is 4.31 Å². The van der Waals surface area contributed by atoms with Crippen LogP contribution >= 0.6 is 0 Å². The summed E-state index contributed by atoms with van der Waals surface area (Å²) in [6, 6.07) is 9.11. The summed E-state index contributed by atoms with van der Waals surface area (Å²) in [4.78, 5) is 27.6. The van der Waals surface area contributed by atoms with Gasteiger partial charge in [0.15, 0.2) is 11.5 Å². The lowest BCUT2D eigenvalue weighted by atomic mass is 10.1. The van der Waals surface area contributed by atoms with Crippen molar-refractivity contribution in [3.8, 4) is 11.5 Å².